The van der Waals surface area contributed by atoms with Crippen molar-refractivity contribution in [2.75, 3.05) is 29.9 Å². The number of hydrogen-bond donors (Lipinski definition) is 2. The van der Waals surface area contributed by atoms with E-state index >= 15 is 0 Å². The molecule has 5 rings (SSSR count). The lowest BCUT2D eigenvalue weighted by Gasteiger charge is -2.26. The van der Waals surface area contributed by atoms with Gasteiger partial charge in [-0.1, -0.05) is 72.3 Å². The molecule has 0 radical (unpaired) electrons. The number of halogens is 1. The van der Waals surface area contributed by atoms with Crippen LogP contribution in [-0.4, -0.2) is 63.4 Å². The smallest absolute Gasteiger partial charge is 0.323 e. The minimum atomic E-state index is -1.09. The average Bonchev–Trinajstić information content (AvgIpc) is 3.55. The molecule has 0 spiro atoms. The molecule has 2 heterocycles. The van der Waals surface area contributed by atoms with Crippen LogP contribution in [0.4, 0.5) is 11.6 Å². The Morgan fingerprint density at radius 1 is 0.911 bits per heavy atom. The van der Waals surface area contributed by atoms with Crippen molar-refractivity contribution in [2.24, 2.45) is 0 Å². The van der Waals surface area contributed by atoms with Gasteiger partial charge in [-0.25, -0.2) is 9.97 Å². The number of carboxylic acid groups (broad SMARTS) is 1. The number of carboxylic acids is 1. The summed E-state index contributed by atoms with van der Waals surface area (Å²) in [6.45, 7) is 0.445. The van der Waals surface area contributed by atoms with Gasteiger partial charge < -0.3 is 20.2 Å². The first-order chi connectivity index (χ1) is 21.9. The number of aromatic nitrogens is 2. The van der Waals surface area contributed by atoms with E-state index < -0.39 is 24.5 Å². The fraction of sp³-hybridized carbons (Fsp3) is 0.286. The second-order valence-corrected chi connectivity index (χ2v) is 11.5. The standard InChI is InChI=1S/C35H36ClN5O4/c36-27-16-18-28(19-17-27)38-33(44)31-14-8-22-41(31)35-37-23-29(30(39-35)20-15-26-11-5-2-6-12-26)34(45)40(24-32(42)43)21-7-13-25-9-3-1-4-10-25/h1-6,9-12,16-19,23,31H,7-8,13-15,20-22,24H2,(H,38,44)(H,42,43)/t31-/m1/s1. The van der Waals surface area contributed by atoms with E-state index in [0.29, 0.717) is 54.6 Å². The molecule has 1 atom stereocenters. The molecule has 1 saturated heterocycles. The Bertz CT molecular complexity index is 1600. The van der Waals surface area contributed by atoms with Crippen molar-refractivity contribution in [3.8, 4) is 0 Å². The van der Waals surface area contributed by atoms with E-state index in [-0.39, 0.29) is 18.0 Å². The summed E-state index contributed by atoms with van der Waals surface area (Å²) in [5, 5.41) is 13.2. The van der Waals surface area contributed by atoms with E-state index in [1.807, 2.05) is 65.6 Å². The average molecular weight is 626 g/mol. The number of anilines is 2. The number of carbonyl (C=O) groups is 3. The molecule has 45 heavy (non-hydrogen) atoms. The zero-order valence-corrected chi connectivity index (χ0v) is 25.7. The lowest BCUT2D eigenvalue weighted by Crippen LogP contribution is -2.41. The maximum atomic E-state index is 13.9. The molecule has 232 valence electrons. The Morgan fingerprint density at radius 2 is 1.58 bits per heavy atom. The summed E-state index contributed by atoms with van der Waals surface area (Å²) < 4.78 is 0. The number of nitrogens with zero attached hydrogens (tertiary/aromatic N) is 4. The number of carbonyl (C=O) groups excluding carboxylic acids is 2. The summed E-state index contributed by atoms with van der Waals surface area (Å²) >= 11 is 5.99. The van der Waals surface area contributed by atoms with Gasteiger partial charge in [0.25, 0.3) is 5.91 Å². The summed E-state index contributed by atoms with van der Waals surface area (Å²) in [7, 11) is 0. The van der Waals surface area contributed by atoms with Crippen LogP contribution in [0.2, 0.25) is 5.02 Å². The third-order valence-electron chi connectivity index (χ3n) is 7.85. The summed E-state index contributed by atoms with van der Waals surface area (Å²) in [5.41, 5.74) is 3.65. The van der Waals surface area contributed by atoms with Crippen LogP contribution in [0.1, 0.15) is 46.4 Å². The van der Waals surface area contributed by atoms with Crippen LogP contribution in [-0.2, 0) is 28.9 Å². The van der Waals surface area contributed by atoms with Gasteiger partial charge in [-0.3, -0.25) is 14.4 Å². The number of benzene rings is 3. The summed E-state index contributed by atoms with van der Waals surface area (Å²) in [6, 6.07) is 26.2. The molecular weight excluding hydrogens is 590 g/mol. The molecule has 0 bridgehead atoms. The highest BCUT2D eigenvalue weighted by Crippen LogP contribution is 2.26. The van der Waals surface area contributed by atoms with Crippen LogP contribution >= 0.6 is 11.6 Å². The number of rotatable bonds is 13. The highest BCUT2D eigenvalue weighted by Gasteiger charge is 2.33. The number of aryl methyl sites for hydroxylation is 3. The van der Waals surface area contributed by atoms with Crippen molar-refractivity contribution in [1.82, 2.24) is 14.9 Å². The molecular formula is C35H36ClN5O4. The van der Waals surface area contributed by atoms with Gasteiger partial charge in [-0.15, -0.1) is 0 Å². The van der Waals surface area contributed by atoms with Crippen LogP contribution < -0.4 is 10.2 Å². The minimum absolute atomic E-state index is 0.171. The van der Waals surface area contributed by atoms with Gasteiger partial charge >= 0.3 is 5.97 Å². The number of amides is 2. The topological polar surface area (TPSA) is 116 Å². The van der Waals surface area contributed by atoms with Crippen molar-refractivity contribution in [2.45, 2.75) is 44.6 Å². The first-order valence-corrected chi connectivity index (χ1v) is 15.5. The molecule has 9 nitrogen and oxygen atoms in total. The second kappa shape index (κ2) is 15.3. The van der Waals surface area contributed by atoms with Gasteiger partial charge in [-0.2, -0.15) is 0 Å². The van der Waals surface area contributed by atoms with Gasteiger partial charge in [0, 0.05) is 30.0 Å². The van der Waals surface area contributed by atoms with Gasteiger partial charge in [0.05, 0.1) is 11.3 Å². The van der Waals surface area contributed by atoms with Gasteiger partial charge in [0.15, 0.2) is 0 Å². The zero-order chi connectivity index (χ0) is 31.6. The summed E-state index contributed by atoms with van der Waals surface area (Å²) in [6.07, 6.45) is 5.32. The van der Waals surface area contributed by atoms with Crippen molar-refractivity contribution in [1.29, 1.82) is 0 Å². The highest BCUT2D eigenvalue weighted by atomic mass is 35.5. The van der Waals surface area contributed by atoms with E-state index in [1.54, 1.807) is 24.3 Å². The normalized spacial score (nSPS) is 14.2. The summed E-state index contributed by atoms with van der Waals surface area (Å²) in [5.74, 6) is -1.30. The SMILES string of the molecule is O=C(O)CN(CCCc1ccccc1)C(=O)c1cnc(N2CCC[C@@H]2C(=O)Nc2ccc(Cl)cc2)nc1CCc1ccccc1. The van der Waals surface area contributed by atoms with Crippen molar-refractivity contribution < 1.29 is 19.5 Å². The molecule has 0 unspecified atom stereocenters. The van der Waals surface area contributed by atoms with Gasteiger partial charge in [-0.05, 0) is 73.9 Å². The van der Waals surface area contributed by atoms with E-state index in [9.17, 15) is 19.5 Å². The van der Waals surface area contributed by atoms with Crippen LogP contribution in [0.5, 0.6) is 0 Å². The minimum Gasteiger partial charge on any atom is -0.480 e. The molecule has 3 aromatic carbocycles. The highest BCUT2D eigenvalue weighted by molar-refractivity contribution is 6.30. The van der Waals surface area contributed by atoms with E-state index in [2.05, 4.69) is 10.3 Å². The van der Waals surface area contributed by atoms with Crippen LogP contribution in [0.3, 0.4) is 0 Å². The molecule has 0 saturated carbocycles. The van der Waals surface area contributed by atoms with E-state index in [1.165, 1.54) is 11.1 Å². The van der Waals surface area contributed by atoms with Crippen molar-refractivity contribution >= 4 is 41.0 Å². The maximum absolute atomic E-state index is 13.9. The monoisotopic (exact) mass is 625 g/mol. The van der Waals surface area contributed by atoms with Crippen molar-refractivity contribution in [3.05, 3.63) is 119 Å². The van der Waals surface area contributed by atoms with Crippen LogP contribution in [0.15, 0.2) is 91.1 Å². The fourth-order valence-electron chi connectivity index (χ4n) is 5.56. The third-order valence-corrected chi connectivity index (χ3v) is 8.10. The molecule has 1 aliphatic rings. The largest absolute Gasteiger partial charge is 0.480 e. The predicted octanol–water partition coefficient (Wildman–Crippen LogP) is 5.68. The Balaban J connectivity index is 1.38. The van der Waals surface area contributed by atoms with Crippen molar-refractivity contribution in [3.63, 3.8) is 0 Å². The first-order valence-electron chi connectivity index (χ1n) is 15.2. The number of hydrogen-bond acceptors (Lipinski definition) is 6. The fourth-order valence-corrected chi connectivity index (χ4v) is 5.69. The van der Waals surface area contributed by atoms with Crippen LogP contribution in [0, 0.1) is 0 Å². The van der Waals surface area contributed by atoms with Gasteiger partial charge in [0.2, 0.25) is 11.9 Å². The van der Waals surface area contributed by atoms with E-state index in [0.717, 1.165) is 24.0 Å². The molecule has 1 aromatic heterocycles. The predicted molar refractivity (Wildman–Crippen MR) is 175 cm³/mol. The number of aliphatic carboxylic acids is 1. The van der Waals surface area contributed by atoms with E-state index in [4.69, 9.17) is 16.6 Å². The Morgan fingerprint density at radius 3 is 2.24 bits per heavy atom. The molecule has 10 heteroatoms. The molecule has 0 aliphatic carbocycles. The Labute approximate surface area is 267 Å². The van der Waals surface area contributed by atoms with Crippen LogP contribution in [0.25, 0.3) is 0 Å². The molecule has 2 N–H and O–H groups in total. The number of nitrogens with one attached hydrogen (secondary N) is 1. The maximum Gasteiger partial charge on any atom is 0.323 e. The summed E-state index contributed by atoms with van der Waals surface area (Å²) in [4.78, 5) is 51.6. The molecule has 4 aromatic rings. The Hall–Kier alpha value is -4.76. The lowest BCUT2D eigenvalue weighted by molar-refractivity contribution is -0.137. The zero-order valence-electron chi connectivity index (χ0n) is 24.9. The Kier molecular flexibility index (Phi) is 10.8. The molecule has 2 amide bonds. The first kappa shape index (κ1) is 31.7. The second-order valence-electron chi connectivity index (χ2n) is 11.1. The van der Waals surface area contributed by atoms with Gasteiger partial charge in [0.1, 0.15) is 12.6 Å². The molecule has 1 aliphatic heterocycles. The quantitative estimate of drug-likeness (QED) is 0.196. The third kappa shape index (κ3) is 8.67. The lowest BCUT2D eigenvalue weighted by atomic mass is 10.0. The molecule has 1 fully saturated rings.